The van der Waals surface area contributed by atoms with Gasteiger partial charge in [0, 0.05) is 37.7 Å². The van der Waals surface area contributed by atoms with Crippen LogP contribution in [0.5, 0.6) is 0 Å². The van der Waals surface area contributed by atoms with Gasteiger partial charge in [-0.2, -0.15) is 0 Å². The number of rotatable bonds is 7. The minimum Gasteiger partial charge on any atom is -0.395 e. The van der Waals surface area contributed by atoms with Crippen LogP contribution in [0.2, 0.25) is 0 Å². The average Bonchev–Trinajstić information content (AvgIpc) is 2.88. The standard InChI is InChI=1S/C15H30N2O2/c1-16-11-15(7-10-19-13-15)12-17(8-9-18)14-5-3-2-4-6-14/h14,16,18H,2-13H2,1H3. The SMILES string of the molecule is CNCC1(CN(CCO)C2CCCCC2)CCOC1. The van der Waals surface area contributed by atoms with Crippen molar-refractivity contribution in [3.63, 3.8) is 0 Å². The lowest BCUT2D eigenvalue weighted by atomic mass is 9.84. The molecule has 0 aromatic heterocycles. The van der Waals surface area contributed by atoms with Gasteiger partial charge in [0.05, 0.1) is 13.2 Å². The Bertz CT molecular complexity index is 249. The lowest BCUT2D eigenvalue weighted by Crippen LogP contribution is -2.49. The van der Waals surface area contributed by atoms with Gasteiger partial charge in [-0.3, -0.25) is 4.90 Å². The summed E-state index contributed by atoms with van der Waals surface area (Å²) in [5.74, 6) is 0. The highest BCUT2D eigenvalue weighted by Crippen LogP contribution is 2.32. The van der Waals surface area contributed by atoms with E-state index in [4.69, 9.17) is 4.74 Å². The zero-order valence-electron chi connectivity index (χ0n) is 12.4. The number of aliphatic hydroxyl groups excluding tert-OH is 1. The molecule has 2 aliphatic rings. The van der Waals surface area contributed by atoms with Gasteiger partial charge in [0.25, 0.3) is 0 Å². The van der Waals surface area contributed by atoms with E-state index in [0.29, 0.717) is 6.04 Å². The van der Waals surface area contributed by atoms with Crippen molar-refractivity contribution in [2.24, 2.45) is 5.41 Å². The first-order valence-corrected chi connectivity index (χ1v) is 7.87. The third-order valence-corrected chi connectivity index (χ3v) is 4.75. The fourth-order valence-corrected chi connectivity index (χ4v) is 3.74. The van der Waals surface area contributed by atoms with E-state index in [2.05, 4.69) is 10.2 Å². The van der Waals surface area contributed by atoms with E-state index in [1.165, 1.54) is 32.1 Å². The van der Waals surface area contributed by atoms with E-state index < -0.39 is 0 Å². The Morgan fingerprint density at radius 2 is 2.11 bits per heavy atom. The molecule has 2 rings (SSSR count). The maximum atomic E-state index is 9.37. The molecule has 19 heavy (non-hydrogen) atoms. The maximum Gasteiger partial charge on any atom is 0.0558 e. The molecule has 0 aromatic carbocycles. The van der Waals surface area contributed by atoms with Gasteiger partial charge in [-0.25, -0.2) is 0 Å². The minimum atomic E-state index is 0.251. The molecule has 0 radical (unpaired) electrons. The molecule has 2 fully saturated rings. The monoisotopic (exact) mass is 270 g/mol. The Morgan fingerprint density at radius 3 is 2.68 bits per heavy atom. The van der Waals surface area contributed by atoms with Crippen LogP contribution in [0.15, 0.2) is 0 Å². The van der Waals surface area contributed by atoms with E-state index in [1.807, 2.05) is 7.05 Å². The minimum absolute atomic E-state index is 0.251. The van der Waals surface area contributed by atoms with Gasteiger partial charge in [-0.05, 0) is 26.3 Å². The molecule has 1 aliphatic carbocycles. The number of ether oxygens (including phenoxy) is 1. The number of nitrogens with zero attached hydrogens (tertiary/aromatic N) is 1. The van der Waals surface area contributed by atoms with E-state index in [1.54, 1.807) is 0 Å². The van der Waals surface area contributed by atoms with Crippen molar-refractivity contribution in [1.82, 2.24) is 10.2 Å². The largest absolute Gasteiger partial charge is 0.395 e. The van der Waals surface area contributed by atoms with Crippen LogP contribution in [0.1, 0.15) is 38.5 Å². The van der Waals surface area contributed by atoms with Crippen LogP contribution >= 0.6 is 0 Å². The summed E-state index contributed by atoms with van der Waals surface area (Å²) in [5.41, 5.74) is 0.251. The molecular weight excluding hydrogens is 240 g/mol. The molecule has 0 spiro atoms. The molecule has 4 heteroatoms. The number of aliphatic hydroxyl groups is 1. The van der Waals surface area contributed by atoms with Crippen molar-refractivity contribution in [1.29, 1.82) is 0 Å². The lowest BCUT2D eigenvalue weighted by molar-refractivity contribution is 0.0594. The molecule has 1 saturated heterocycles. The number of hydrogen-bond acceptors (Lipinski definition) is 4. The Morgan fingerprint density at radius 1 is 1.32 bits per heavy atom. The molecule has 4 nitrogen and oxygen atoms in total. The molecule has 112 valence electrons. The second kappa shape index (κ2) is 7.58. The van der Waals surface area contributed by atoms with E-state index >= 15 is 0 Å². The Labute approximate surface area is 117 Å². The summed E-state index contributed by atoms with van der Waals surface area (Å²) in [5, 5.41) is 12.7. The van der Waals surface area contributed by atoms with Crippen LogP contribution in [0.25, 0.3) is 0 Å². The number of nitrogens with one attached hydrogen (secondary N) is 1. The van der Waals surface area contributed by atoms with Crippen LogP contribution in [-0.2, 0) is 4.74 Å². The predicted octanol–water partition coefficient (Wildman–Crippen LogP) is 1.24. The van der Waals surface area contributed by atoms with Crippen molar-refractivity contribution in [2.75, 3.05) is 46.5 Å². The maximum absolute atomic E-state index is 9.37. The average molecular weight is 270 g/mol. The first-order chi connectivity index (χ1) is 9.29. The zero-order valence-corrected chi connectivity index (χ0v) is 12.4. The van der Waals surface area contributed by atoms with Gasteiger partial charge in [0.1, 0.15) is 0 Å². The van der Waals surface area contributed by atoms with Gasteiger partial charge < -0.3 is 15.2 Å². The van der Waals surface area contributed by atoms with Gasteiger partial charge in [0.2, 0.25) is 0 Å². The van der Waals surface area contributed by atoms with Crippen molar-refractivity contribution in [3.05, 3.63) is 0 Å². The van der Waals surface area contributed by atoms with Crippen molar-refractivity contribution in [2.45, 2.75) is 44.6 Å². The van der Waals surface area contributed by atoms with Gasteiger partial charge in [-0.1, -0.05) is 19.3 Å². The smallest absolute Gasteiger partial charge is 0.0558 e. The third kappa shape index (κ3) is 4.15. The van der Waals surface area contributed by atoms with Gasteiger partial charge in [0.15, 0.2) is 0 Å². The third-order valence-electron chi connectivity index (χ3n) is 4.75. The summed E-state index contributed by atoms with van der Waals surface area (Å²) < 4.78 is 5.65. The summed E-state index contributed by atoms with van der Waals surface area (Å²) in [4.78, 5) is 2.53. The summed E-state index contributed by atoms with van der Waals surface area (Å²) in [7, 11) is 2.02. The normalized spacial score (nSPS) is 29.2. The fourth-order valence-electron chi connectivity index (χ4n) is 3.74. The highest BCUT2D eigenvalue weighted by Gasteiger charge is 2.37. The second-order valence-electron chi connectivity index (χ2n) is 6.32. The first-order valence-electron chi connectivity index (χ1n) is 7.87. The highest BCUT2D eigenvalue weighted by molar-refractivity contribution is 4.90. The summed E-state index contributed by atoms with van der Waals surface area (Å²) in [6, 6.07) is 0.676. The lowest BCUT2D eigenvalue weighted by Gasteiger charge is -2.40. The molecule has 1 atom stereocenters. The van der Waals surface area contributed by atoms with Crippen molar-refractivity contribution < 1.29 is 9.84 Å². The summed E-state index contributed by atoms with van der Waals surface area (Å²) in [6.45, 7) is 4.92. The van der Waals surface area contributed by atoms with Crippen molar-refractivity contribution >= 4 is 0 Å². The molecule has 2 N–H and O–H groups in total. The molecule has 1 saturated carbocycles. The predicted molar refractivity (Wildman–Crippen MR) is 77.3 cm³/mol. The summed E-state index contributed by atoms with van der Waals surface area (Å²) >= 11 is 0. The fraction of sp³-hybridized carbons (Fsp3) is 1.00. The highest BCUT2D eigenvalue weighted by atomic mass is 16.5. The molecule has 1 aliphatic heterocycles. The molecule has 0 bridgehead atoms. The number of hydrogen-bond donors (Lipinski definition) is 2. The summed E-state index contributed by atoms with van der Waals surface area (Å²) in [6.07, 6.45) is 7.83. The molecule has 0 aromatic rings. The molecule has 1 heterocycles. The molecule has 0 amide bonds. The quantitative estimate of drug-likeness (QED) is 0.730. The Balaban J connectivity index is 1.97. The van der Waals surface area contributed by atoms with E-state index in [-0.39, 0.29) is 12.0 Å². The van der Waals surface area contributed by atoms with Crippen LogP contribution < -0.4 is 5.32 Å². The van der Waals surface area contributed by atoms with Crippen LogP contribution in [0.4, 0.5) is 0 Å². The van der Waals surface area contributed by atoms with Crippen LogP contribution in [0, 0.1) is 5.41 Å². The second-order valence-corrected chi connectivity index (χ2v) is 6.32. The van der Waals surface area contributed by atoms with E-state index in [0.717, 1.165) is 39.3 Å². The zero-order chi connectivity index (χ0) is 13.6. The van der Waals surface area contributed by atoms with Crippen LogP contribution in [-0.4, -0.2) is 62.6 Å². The van der Waals surface area contributed by atoms with Gasteiger partial charge >= 0.3 is 0 Å². The molecule has 1 unspecified atom stereocenters. The first kappa shape index (κ1) is 15.2. The van der Waals surface area contributed by atoms with Crippen LogP contribution in [0.3, 0.4) is 0 Å². The Kier molecular flexibility index (Phi) is 6.07. The topological polar surface area (TPSA) is 44.7 Å². The molecular formula is C15H30N2O2. The van der Waals surface area contributed by atoms with Crippen molar-refractivity contribution in [3.8, 4) is 0 Å². The Hall–Kier alpha value is -0.160. The van der Waals surface area contributed by atoms with E-state index in [9.17, 15) is 5.11 Å². The van der Waals surface area contributed by atoms with Gasteiger partial charge in [-0.15, -0.1) is 0 Å².